The van der Waals surface area contributed by atoms with Crippen LogP contribution in [0.1, 0.15) is 5.56 Å². The summed E-state index contributed by atoms with van der Waals surface area (Å²) in [6, 6.07) is 8.71. The first-order valence-corrected chi connectivity index (χ1v) is 7.81. The van der Waals surface area contributed by atoms with E-state index >= 15 is 0 Å². The van der Waals surface area contributed by atoms with Crippen LogP contribution in [0.5, 0.6) is 0 Å². The number of halogens is 1. The number of nitro benzene ring substituents is 1. The third-order valence-corrected chi connectivity index (χ3v) is 4.31. The quantitative estimate of drug-likeness (QED) is 0.636. The molecule has 2 aromatic rings. The van der Waals surface area contributed by atoms with Crippen LogP contribution in [0, 0.1) is 10.1 Å². The van der Waals surface area contributed by atoms with Crippen LogP contribution in [0.25, 0.3) is 0 Å². The van der Waals surface area contributed by atoms with E-state index in [9.17, 15) is 10.1 Å². The minimum atomic E-state index is -0.428. The Morgan fingerprint density at radius 2 is 1.83 bits per heavy atom. The molecular formula is C16H17ClN4O2. The summed E-state index contributed by atoms with van der Waals surface area (Å²) in [5, 5.41) is 11.2. The Morgan fingerprint density at radius 1 is 1.13 bits per heavy atom. The van der Waals surface area contributed by atoms with Crippen molar-refractivity contribution in [2.45, 2.75) is 6.54 Å². The van der Waals surface area contributed by atoms with Crippen LogP contribution in [0.3, 0.4) is 0 Å². The summed E-state index contributed by atoms with van der Waals surface area (Å²) >= 11 is 6.21. The molecule has 120 valence electrons. The van der Waals surface area contributed by atoms with Gasteiger partial charge in [-0.25, -0.2) is 0 Å². The van der Waals surface area contributed by atoms with Crippen LogP contribution >= 0.6 is 11.6 Å². The fourth-order valence-electron chi connectivity index (χ4n) is 2.76. The minimum absolute atomic E-state index is 0.0232. The maximum atomic E-state index is 10.8. The van der Waals surface area contributed by atoms with Crippen LogP contribution in [-0.2, 0) is 6.54 Å². The van der Waals surface area contributed by atoms with Crippen molar-refractivity contribution in [1.29, 1.82) is 0 Å². The predicted molar refractivity (Wildman–Crippen MR) is 89.8 cm³/mol. The Hall–Kier alpha value is -2.18. The van der Waals surface area contributed by atoms with Gasteiger partial charge in [-0.2, -0.15) is 0 Å². The van der Waals surface area contributed by atoms with Crippen molar-refractivity contribution in [3.63, 3.8) is 0 Å². The summed E-state index contributed by atoms with van der Waals surface area (Å²) in [5.41, 5.74) is 2.14. The number of hydrogen-bond donors (Lipinski definition) is 0. The number of nitro groups is 1. The summed E-state index contributed by atoms with van der Waals surface area (Å²) in [5.74, 6) is 0. The highest BCUT2D eigenvalue weighted by Crippen LogP contribution is 2.30. The SMILES string of the molecule is O=[N+]([O-])c1ccc(N2CCN(Cc3ccncc3)CC2)c(Cl)c1. The zero-order valence-electron chi connectivity index (χ0n) is 12.6. The van der Waals surface area contributed by atoms with Crippen molar-refractivity contribution >= 4 is 23.0 Å². The van der Waals surface area contributed by atoms with Gasteiger partial charge in [-0.3, -0.25) is 20.0 Å². The predicted octanol–water partition coefficient (Wildman–Crippen LogP) is 2.97. The number of nitrogens with zero attached hydrogens (tertiary/aromatic N) is 4. The Kier molecular flexibility index (Phi) is 4.73. The van der Waals surface area contributed by atoms with Gasteiger partial charge in [0.1, 0.15) is 0 Å². The van der Waals surface area contributed by atoms with Crippen molar-refractivity contribution in [2.24, 2.45) is 0 Å². The highest BCUT2D eigenvalue weighted by molar-refractivity contribution is 6.33. The molecule has 2 heterocycles. The molecule has 1 aliphatic rings. The van der Waals surface area contributed by atoms with Gasteiger partial charge in [-0.15, -0.1) is 0 Å². The number of benzene rings is 1. The van der Waals surface area contributed by atoms with Gasteiger partial charge in [0.05, 0.1) is 15.6 Å². The number of piperazine rings is 1. The van der Waals surface area contributed by atoms with E-state index in [1.807, 2.05) is 24.5 Å². The molecule has 1 aromatic carbocycles. The molecule has 0 spiro atoms. The van der Waals surface area contributed by atoms with Crippen molar-refractivity contribution in [2.75, 3.05) is 31.1 Å². The van der Waals surface area contributed by atoms with Gasteiger partial charge in [-0.05, 0) is 23.8 Å². The van der Waals surface area contributed by atoms with Crippen molar-refractivity contribution in [3.8, 4) is 0 Å². The number of pyridine rings is 1. The molecule has 0 bridgehead atoms. The first-order valence-electron chi connectivity index (χ1n) is 7.43. The molecule has 1 aliphatic heterocycles. The minimum Gasteiger partial charge on any atom is -0.368 e. The first kappa shape index (κ1) is 15.7. The third-order valence-electron chi connectivity index (χ3n) is 4.01. The van der Waals surface area contributed by atoms with Crippen LogP contribution in [-0.4, -0.2) is 41.0 Å². The normalized spacial score (nSPS) is 15.6. The van der Waals surface area contributed by atoms with E-state index in [0.717, 1.165) is 38.4 Å². The smallest absolute Gasteiger partial charge is 0.271 e. The average molecular weight is 333 g/mol. The fourth-order valence-corrected chi connectivity index (χ4v) is 3.05. The number of hydrogen-bond acceptors (Lipinski definition) is 5. The van der Waals surface area contributed by atoms with Crippen molar-refractivity contribution in [3.05, 3.63) is 63.4 Å². The van der Waals surface area contributed by atoms with E-state index in [4.69, 9.17) is 11.6 Å². The molecule has 0 unspecified atom stereocenters. The number of aromatic nitrogens is 1. The maximum absolute atomic E-state index is 10.8. The third kappa shape index (κ3) is 3.78. The number of anilines is 1. The molecule has 0 aliphatic carbocycles. The van der Waals surface area contributed by atoms with E-state index in [2.05, 4.69) is 14.8 Å². The molecule has 0 amide bonds. The summed E-state index contributed by atoms with van der Waals surface area (Å²) in [4.78, 5) is 18.9. The van der Waals surface area contributed by atoms with Gasteiger partial charge in [0.15, 0.2) is 0 Å². The molecule has 3 rings (SSSR count). The first-order chi connectivity index (χ1) is 11.1. The lowest BCUT2D eigenvalue weighted by Crippen LogP contribution is -2.46. The topological polar surface area (TPSA) is 62.5 Å². The summed E-state index contributed by atoms with van der Waals surface area (Å²) < 4.78 is 0. The molecule has 1 aromatic heterocycles. The molecule has 0 N–H and O–H groups in total. The fraction of sp³-hybridized carbons (Fsp3) is 0.312. The van der Waals surface area contributed by atoms with Gasteiger partial charge in [0.25, 0.3) is 5.69 Å². The lowest BCUT2D eigenvalue weighted by Gasteiger charge is -2.36. The summed E-state index contributed by atoms with van der Waals surface area (Å²) in [6.45, 7) is 4.46. The second kappa shape index (κ2) is 6.93. The molecule has 23 heavy (non-hydrogen) atoms. The molecule has 0 saturated carbocycles. The Balaban J connectivity index is 1.62. The van der Waals surface area contributed by atoms with E-state index in [1.54, 1.807) is 6.07 Å². The van der Waals surface area contributed by atoms with Gasteiger partial charge in [0, 0.05) is 57.3 Å². The lowest BCUT2D eigenvalue weighted by molar-refractivity contribution is -0.384. The zero-order valence-corrected chi connectivity index (χ0v) is 13.3. The molecule has 7 heteroatoms. The van der Waals surface area contributed by atoms with E-state index in [-0.39, 0.29) is 5.69 Å². The average Bonchev–Trinajstić information content (AvgIpc) is 2.56. The largest absolute Gasteiger partial charge is 0.368 e. The summed E-state index contributed by atoms with van der Waals surface area (Å²) in [6.07, 6.45) is 3.62. The molecule has 0 atom stereocenters. The van der Waals surface area contributed by atoms with Gasteiger partial charge in [-0.1, -0.05) is 11.6 Å². The summed E-state index contributed by atoms with van der Waals surface area (Å²) in [7, 11) is 0. The van der Waals surface area contributed by atoms with Crippen LogP contribution in [0.4, 0.5) is 11.4 Å². The molecule has 0 radical (unpaired) electrons. The Morgan fingerprint density at radius 3 is 2.43 bits per heavy atom. The monoisotopic (exact) mass is 332 g/mol. The van der Waals surface area contributed by atoms with E-state index in [0.29, 0.717) is 5.02 Å². The van der Waals surface area contributed by atoms with Crippen molar-refractivity contribution < 1.29 is 4.92 Å². The highest BCUT2D eigenvalue weighted by atomic mass is 35.5. The molecule has 6 nitrogen and oxygen atoms in total. The molecular weight excluding hydrogens is 316 g/mol. The molecule has 1 saturated heterocycles. The Labute approximate surface area is 139 Å². The van der Waals surface area contributed by atoms with E-state index in [1.165, 1.54) is 17.7 Å². The van der Waals surface area contributed by atoms with Crippen molar-refractivity contribution in [1.82, 2.24) is 9.88 Å². The second-order valence-corrected chi connectivity index (χ2v) is 5.92. The van der Waals surface area contributed by atoms with Gasteiger partial charge < -0.3 is 4.90 Å². The highest BCUT2D eigenvalue weighted by Gasteiger charge is 2.20. The Bertz CT molecular complexity index is 688. The number of non-ortho nitro benzene ring substituents is 1. The lowest BCUT2D eigenvalue weighted by atomic mass is 10.2. The van der Waals surface area contributed by atoms with E-state index < -0.39 is 4.92 Å². The van der Waals surface area contributed by atoms with Crippen LogP contribution < -0.4 is 4.90 Å². The van der Waals surface area contributed by atoms with Crippen LogP contribution in [0.15, 0.2) is 42.7 Å². The number of rotatable bonds is 4. The second-order valence-electron chi connectivity index (χ2n) is 5.51. The van der Waals surface area contributed by atoms with Crippen LogP contribution in [0.2, 0.25) is 5.02 Å². The zero-order chi connectivity index (χ0) is 16.2. The molecule has 1 fully saturated rings. The van der Waals surface area contributed by atoms with Gasteiger partial charge in [0.2, 0.25) is 0 Å². The standard InChI is InChI=1S/C16H17ClN4O2/c17-15-11-14(21(22)23)1-2-16(15)20-9-7-19(8-10-20)12-13-3-5-18-6-4-13/h1-6,11H,7-10,12H2. The van der Waals surface area contributed by atoms with Gasteiger partial charge >= 0.3 is 0 Å². The maximum Gasteiger partial charge on any atom is 0.271 e.